The van der Waals surface area contributed by atoms with Crippen LogP contribution in [0.4, 0.5) is 0 Å². The zero-order chi connectivity index (χ0) is 26.6. The summed E-state index contributed by atoms with van der Waals surface area (Å²) in [4.78, 5) is 27.6. The fourth-order valence-electron chi connectivity index (χ4n) is 4.17. The van der Waals surface area contributed by atoms with E-state index in [1.807, 2.05) is 49.6 Å². The monoisotopic (exact) mass is 522 g/mol. The number of benzene rings is 2. The third-order valence-electron chi connectivity index (χ3n) is 5.95. The van der Waals surface area contributed by atoms with E-state index in [0.717, 1.165) is 10.4 Å². The Labute approximate surface area is 220 Å². The van der Waals surface area contributed by atoms with Crippen LogP contribution in [0.3, 0.4) is 0 Å². The van der Waals surface area contributed by atoms with Crippen LogP contribution in [-0.4, -0.2) is 38.7 Å². The lowest BCUT2D eigenvalue weighted by Crippen LogP contribution is -2.43. The van der Waals surface area contributed by atoms with Gasteiger partial charge in [-0.25, -0.2) is 0 Å². The van der Waals surface area contributed by atoms with Crippen LogP contribution >= 0.6 is 11.3 Å². The van der Waals surface area contributed by atoms with Crippen molar-refractivity contribution < 1.29 is 28.5 Å². The molecular weight excluding hydrogens is 492 g/mol. The first kappa shape index (κ1) is 26.1. The summed E-state index contributed by atoms with van der Waals surface area (Å²) < 4.78 is 22.1. The van der Waals surface area contributed by atoms with E-state index in [1.165, 1.54) is 25.6 Å². The summed E-state index contributed by atoms with van der Waals surface area (Å²) in [6.07, 6.45) is 2.21. The number of hydrogen-bond donors (Lipinski definition) is 2. The number of nitrogens with one attached hydrogen (secondary N) is 2. The molecule has 0 radical (unpaired) electrons. The SMILES string of the molecule is COc1ccc2c(c1)OC(C)(C)CC2NC(=O)/C(=C/c1cccs1)NC(=O)c1ccc(OC)c(OC)c1. The van der Waals surface area contributed by atoms with E-state index < -0.39 is 17.4 Å². The van der Waals surface area contributed by atoms with E-state index in [0.29, 0.717) is 35.0 Å². The second-order valence-corrected chi connectivity index (χ2v) is 10.1. The van der Waals surface area contributed by atoms with Crippen LogP contribution in [-0.2, 0) is 4.79 Å². The van der Waals surface area contributed by atoms with E-state index in [1.54, 1.807) is 31.4 Å². The zero-order valence-corrected chi connectivity index (χ0v) is 22.2. The summed E-state index contributed by atoms with van der Waals surface area (Å²) >= 11 is 1.46. The Morgan fingerprint density at radius 2 is 1.81 bits per heavy atom. The second kappa shape index (κ2) is 11.0. The van der Waals surface area contributed by atoms with Crippen LogP contribution < -0.4 is 29.6 Å². The Morgan fingerprint density at radius 1 is 1.03 bits per heavy atom. The van der Waals surface area contributed by atoms with Gasteiger partial charge < -0.3 is 29.6 Å². The van der Waals surface area contributed by atoms with Crippen LogP contribution in [0.2, 0.25) is 0 Å². The molecule has 194 valence electrons. The molecule has 0 bridgehead atoms. The van der Waals surface area contributed by atoms with Crippen molar-refractivity contribution >= 4 is 29.2 Å². The molecule has 37 heavy (non-hydrogen) atoms. The average molecular weight is 523 g/mol. The first-order valence-electron chi connectivity index (χ1n) is 11.7. The van der Waals surface area contributed by atoms with Crippen molar-refractivity contribution in [2.24, 2.45) is 0 Å². The molecule has 9 heteroatoms. The maximum atomic E-state index is 13.6. The largest absolute Gasteiger partial charge is 0.497 e. The third-order valence-corrected chi connectivity index (χ3v) is 6.77. The number of methoxy groups -OCH3 is 3. The summed E-state index contributed by atoms with van der Waals surface area (Å²) in [5.41, 5.74) is 0.779. The Kier molecular flexibility index (Phi) is 7.73. The molecule has 0 saturated carbocycles. The smallest absolute Gasteiger partial charge is 0.268 e. The fourth-order valence-corrected chi connectivity index (χ4v) is 4.83. The highest BCUT2D eigenvalue weighted by Gasteiger charge is 2.35. The van der Waals surface area contributed by atoms with Crippen molar-refractivity contribution in [1.82, 2.24) is 10.6 Å². The highest BCUT2D eigenvalue weighted by molar-refractivity contribution is 7.10. The minimum atomic E-state index is -0.516. The Balaban J connectivity index is 1.62. The molecule has 3 aromatic rings. The number of rotatable bonds is 8. The van der Waals surface area contributed by atoms with Gasteiger partial charge in [0.25, 0.3) is 11.8 Å². The van der Waals surface area contributed by atoms with Gasteiger partial charge >= 0.3 is 0 Å². The van der Waals surface area contributed by atoms with E-state index in [2.05, 4.69) is 10.6 Å². The number of carbonyl (C=O) groups is 2. The van der Waals surface area contributed by atoms with Crippen molar-refractivity contribution in [2.75, 3.05) is 21.3 Å². The number of fused-ring (bicyclic) bond motifs is 1. The molecule has 2 N–H and O–H groups in total. The molecule has 2 heterocycles. The van der Waals surface area contributed by atoms with Crippen LogP contribution in [0.15, 0.2) is 59.6 Å². The molecule has 4 rings (SSSR count). The zero-order valence-electron chi connectivity index (χ0n) is 21.4. The van der Waals surface area contributed by atoms with Crippen molar-refractivity contribution in [3.8, 4) is 23.0 Å². The molecule has 0 aliphatic carbocycles. The van der Waals surface area contributed by atoms with Crippen LogP contribution in [0.1, 0.15) is 47.1 Å². The molecule has 1 atom stereocenters. The second-order valence-electron chi connectivity index (χ2n) is 9.09. The lowest BCUT2D eigenvalue weighted by molar-refractivity contribution is -0.119. The van der Waals surface area contributed by atoms with Gasteiger partial charge in [-0.3, -0.25) is 9.59 Å². The first-order valence-corrected chi connectivity index (χ1v) is 12.6. The summed E-state index contributed by atoms with van der Waals surface area (Å²) in [6.45, 7) is 3.94. The van der Waals surface area contributed by atoms with Crippen molar-refractivity contribution in [2.45, 2.75) is 31.9 Å². The number of carbonyl (C=O) groups excluding carboxylic acids is 2. The maximum Gasteiger partial charge on any atom is 0.268 e. The van der Waals surface area contributed by atoms with E-state index in [-0.39, 0.29) is 11.7 Å². The van der Waals surface area contributed by atoms with E-state index >= 15 is 0 Å². The Bertz CT molecular complexity index is 1320. The van der Waals surface area contributed by atoms with Gasteiger partial charge in [-0.05, 0) is 61.7 Å². The predicted octanol–water partition coefficient (Wildman–Crippen LogP) is 4.96. The predicted molar refractivity (Wildman–Crippen MR) is 143 cm³/mol. The fraction of sp³-hybridized carbons (Fsp3) is 0.286. The Morgan fingerprint density at radius 3 is 2.49 bits per heavy atom. The molecule has 8 nitrogen and oxygen atoms in total. The molecule has 2 aromatic carbocycles. The van der Waals surface area contributed by atoms with Gasteiger partial charge in [0.1, 0.15) is 22.8 Å². The lowest BCUT2D eigenvalue weighted by Gasteiger charge is -2.38. The van der Waals surface area contributed by atoms with E-state index in [4.69, 9.17) is 18.9 Å². The van der Waals surface area contributed by atoms with Crippen molar-refractivity contribution in [3.63, 3.8) is 0 Å². The summed E-state index contributed by atoms with van der Waals surface area (Å²) in [7, 11) is 4.62. The number of amides is 2. The topological polar surface area (TPSA) is 95.1 Å². The molecular formula is C28H30N2O6S. The molecule has 0 spiro atoms. The van der Waals surface area contributed by atoms with Crippen LogP contribution in [0.5, 0.6) is 23.0 Å². The third kappa shape index (κ3) is 6.06. The van der Waals surface area contributed by atoms with Crippen molar-refractivity contribution in [3.05, 3.63) is 75.6 Å². The van der Waals surface area contributed by atoms with Gasteiger partial charge in [-0.15, -0.1) is 11.3 Å². The minimum Gasteiger partial charge on any atom is -0.497 e. The number of thiophene rings is 1. The maximum absolute atomic E-state index is 13.6. The highest BCUT2D eigenvalue weighted by Crippen LogP contribution is 2.41. The summed E-state index contributed by atoms with van der Waals surface area (Å²) in [5.74, 6) is 1.38. The summed E-state index contributed by atoms with van der Waals surface area (Å²) in [6, 6.07) is 13.8. The van der Waals surface area contributed by atoms with Crippen LogP contribution in [0, 0.1) is 0 Å². The molecule has 1 aromatic heterocycles. The number of hydrogen-bond acceptors (Lipinski definition) is 7. The van der Waals surface area contributed by atoms with Gasteiger partial charge in [-0.2, -0.15) is 0 Å². The van der Waals surface area contributed by atoms with Crippen molar-refractivity contribution in [1.29, 1.82) is 0 Å². The average Bonchev–Trinajstić information content (AvgIpc) is 3.39. The van der Waals surface area contributed by atoms with E-state index in [9.17, 15) is 9.59 Å². The Hall–Kier alpha value is -3.98. The molecule has 1 unspecified atom stereocenters. The standard InChI is InChI=1S/C28H30N2O6S/c1-28(2)16-22(20-10-9-18(33-3)14-24(20)36-28)30-27(32)21(15-19-7-6-12-37-19)29-26(31)17-8-11-23(34-4)25(13-17)35-5/h6-15,22H,16H2,1-5H3,(H,29,31)(H,30,32)/b21-15-. The minimum absolute atomic E-state index is 0.126. The first-order chi connectivity index (χ1) is 17.7. The number of ether oxygens (including phenoxy) is 4. The van der Waals surface area contributed by atoms with Gasteiger partial charge in [0.2, 0.25) is 0 Å². The van der Waals surface area contributed by atoms with Gasteiger partial charge in [0.15, 0.2) is 11.5 Å². The molecule has 1 aliphatic heterocycles. The van der Waals surface area contributed by atoms with Crippen LogP contribution in [0.25, 0.3) is 6.08 Å². The quantitative estimate of drug-likeness (QED) is 0.406. The highest BCUT2D eigenvalue weighted by atomic mass is 32.1. The molecule has 2 amide bonds. The van der Waals surface area contributed by atoms with Gasteiger partial charge in [-0.1, -0.05) is 6.07 Å². The molecule has 0 saturated heterocycles. The molecule has 0 fully saturated rings. The van der Waals surface area contributed by atoms with Gasteiger partial charge in [0.05, 0.1) is 27.4 Å². The molecule has 1 aliphatic rings. The van der Waals surface area contributed by atoms with Gasteiger partial charge in [0, 0.05) is 28.5 Å². The summed E-state index contributed by atoms with van der Waals surface area (Å²) in [5, 5.41) is 7.78. The normalized spacial score (nSPS) is 16.1. The lowest BCUT2D eigenvalue weighted by atomic mass is 9.89.